The summed E-state index contributed by atoms with van der Waals surface area (Å²) in [6.07, 6.45) is -3.25. The van der Waals surface area contributed by atoms with Gasteiger partial charge in [-0.2, -0.15) is 0 Å². The highest BCUT2D eigenvalue weighted by Gasteiger charge is 2.44. The normalized spacial score (nSPS) is 25.3. The molecule has 0 saturated carbocycles. The number of benzene rings is 1. The average Bonchev–Trinajstić information content (AvgIpc) is 2.87. The van der Waals surface area contributed by atoms with E-state index in [1.54, 1.807) is 0 Å². The third-order valence-electron chi connectivity index (χ3n) is 4.14. The maximum atomic E-state index is 11.8. The molecule has 0 unspecified atom stereocenters. The van der Waals surface area contributed by atoms with Gasteiger partial charge in [0.05, 0.1) is 6.61 Å². The number of nitrogens with one attached hydrogen (secondary N) is 2. The van der Waals surface area contributed by atoms with Crippen molar-refractivity contribution in [1.29, 1.82) is 0 Å². The van der Waals surface area contributed by atoms with Crippen molar-refractivity contribution < 1.29 is 19.7 Å². The first-order valence-electron chi connectivity index (χ1n) is 8.17. The Morgan fingerprint density at radius 1 is 1.27 bits per heavy atom. The lowest BCUT2D eigenvalue weighted by atomic mass is 10.1. The minimum absolute atomic E-state index is 0.0195. The Labute approximate surface area is 148 Å². The number of aryl methyl sites for hydroxylation is 1. The maximum absolute atomic E-state index is 11.8. The summed E-state index contributed by atoms with van der Waals surface area (Å²) < 4.78 is 12.0. The summed E-state index contributed by atoms with van der Waals surface area (Å²) in [5.41, 5.74) is 0.732. The molecule has 0 amide bonds. The van der Waals surface area contributed by atoms with Gasteiger partial charge in [0.1, 0.15) is 25.0 Å². The van der Waals surface area contributed by atoms with Gasteiger partial charge in [0, 0.05) is 18.0 Å². The highest BCUT2D eigenvalue weighted by Crippen LogP contribution is 2.28. The Morgan fingerprint density at radius 3 is 2.81 bits per heavy atom. The van der Waals surface area contributed by atoms with Crippen molar-refractivity contribution in [2.45, 2.75) is 31.5 Å². The second-order valence-electron chi connectivity index (χ2n) is 6.13. The highest BCUT2D eigenvalue weighted by molar-refractivity contribution is 5.44. The van der Waals surface area contributed by atoms with E-state index < -0.39 is 35.8 Å². The predicted molar refractivity (Wildman–Crippen MR) is 92.9 cm³/mol. The molecule has 4 atom stereocenters. The number of anilines is 1. The molecule has 0 radical (unpaired) electrons. The molecule has 1 aromatic carbocycles. The number of hydrogen-bond donors (Lipinski definition) is 4. The van der Waals surface area contributed by atoms with E-state index in [0.717, 1.165) is 21.9 Å². The van der Waals surface area contributed by atoms with Crippen LogP contribution in [-0.2, 0) is 9.47 Å². The lowest BCUT2D eigenvalue weighted by Gasteiger charge is -2.16. The van der Waals surface area contributed by atoms with Gasteiger partial charge >= 0.3 is 5.69 Å². The van der Waals surface area contributed by atoms with E-state index in [4.69, 9.17) is 9.47 Å². The number of ether oxygens (including phenoxy) is 2. The molecular formula is C17H21N3O6. The van der Waals surface area contributed by atoms with E-state index in [1.165, 1.54) is 6.20 Å². The standard InChI is InChI=1S/C17H21N3O6/c1-10-3-2-4-11(7-10)18-9-25-8-12-14(22)15(23)16(26-12)20-6-5-13(21)19-17(20)24/h2-7,12,14-16,18,22-23H,8-9H2,1H3,(H,19,21,24)/t12-,14-,15-,16-/m1/s1. The van der Waals surface area contributed by atoms with Crippen LogP contribution in [0.5, 0.6) is 0 Å². The van der Waals surface area contributed by atoms with Gasteiger partial charge in [0.25, 0.3) is 5.56 Å². The van der Waals surface area contributed by atoms with E-state index in [9.17, 15) is 19.8 Å². The SMILES string of the molecule is Cc1cccc(NCOC[C@H]2O[C@@H](n3ccc(=O)[nH]c3=O)[C@H](O)[C@@H]2O)c1. The van der Waals surface area contributed by atoms with Crippen LogP contribution >= 0.6 is 0 Å². The number of aromatic amines is 1. The topological polar surface area (TPSA) is 126 Å². The maximum Gasteiger partial charge on any atom is 0.330 e. The van der Waals surface area contributed by atoms with Crippen LogP contribution in [0.1, 0.15) is 11.8 Å². The Balaban J connectivity index is 1.56. The number of rotatable bonds is 6. The van der Waals surface area contributed by atoms with Crippen LogP contribution in [0.15, 0.2) is 46.1 Å². The second-order valence-corrected chi connectivity index (χ2v) is 6.13. The second kappa shape index (κ2) is 7.83. The fraction of sp³-hybridized carbons (Fsp3) is 0.412. The third kappa shape index (κ3) is 4.02. The summed E-state index contributed by atoms with van der Waals surface area (Å²) >= 11 is 0. The van der Waals surface area contributed by atoms with E-state index in [-0.39, 0.29) is 13.3 Å². The van der Waals surface area contributed by atoms with E-state index >= 15 is 0 Å². The third-order valence-corrected chi connectivity index (χ3v) is 4.14. The molecule has 0 spiro atoms. The predicted octanol–water partition coefficient (Wildman–Crippen LogP) is -0.450. The summed E-state index contributed by atoms with van der Waals surface area (Å²) in [6.45, 7) is 2.19. The average molecular weight is 363 g/mol. The van der Waals surface area contributed by atoms with Crippen molar-refractivity contribution in [2.24, 2.45) is 0 Å². The minimum Gasteiger partial charge on any atom is -0.387 e. The van der Waals surface area contributed by atoms with Crippen LogP contribution in [0, 0.1) is 6.92 Å². The smallest absolute Gasteiger partial charge is 0.330 e. The van der Waals surface area contributed by atoms with Gasteiger partial charge in [-0.15, -0.1) is 0 Å². The highest BCUT2D eigenvalue weighted by atomic mass is 16.6. The largest absolute Gasteiger partial charge is 0.387 e. The van der Waals surface area contributed by atoms with Crippen LogP contribution < -0.4 is 16.6 Å². The van der Waals surface area contributed by atoms with Crippen molar-refractivity contribution in [3.05, 3.63) is 62.9 Å². The molecule has 1 saturated heterocycles. The first-order chi connectivity index (χ1) is 12.5. The molecule has 4 N–H and O–H groups in total. The molecule has 1 fully saturated rings. The molecule has 2 heterocycles. The lowest BCUT2D eigenvalue weighted by molar-refractivity contribution is -0.0663. The number of H-pyrrole nitrogens is 1. The van der Waals surface area contributed by atoms with Gasteiger partial charge < -0.3 is 25.0 Å². The van der Waals surface area contributed by atoms with Crippen LogP contribution in [0.3, 0.4) is 0 Å². The van der Waals surface area contributed by atoms with Gasteiger partial charge in [0.2, 0.25) is 0 Å². The Hall–Kier alpha value is -2.46. The molecule has 3 rings (SSSR count). The monoisotopic (exact) mass is 363 g/mol. The summed E-state index contributed by atoms with van der Waals surface area (Å²) in [4.78, 5) is 25.0. The molecule has 2 aromatic rings. The summed E-state index contributed by atoms with van der Waals surface area (Å²) in [6, 6.07) is 8.91. The molecule has 0 bridgehead atoms. The summed E-state index contributed by atoms with van der Waals surface area (Å²) in [7, 11) is 0. The van der Waals surface area contributed by atoms with Gasteiger partial charge in [-0.3, -0.25) is 14.3 Å². The Morgan fingerprint density at radius 2 is 2.08 bits per heavy atom. The van der Waals surface area contributed by atoms with Crippen molar-refractivity contribution in [3.63, 3.8) is 0 Å². The van der Waals surface area contributed by atoms with Gasteiger partial charge in [-0.1, -0.05) is 12.1 Å². The zero-order chi connectivity index (χ0) is 18.7. The van der Waals surface area contributed by atoms with Gasteiger partial charge in [-0.05, 0) is 24.6 Å². The van der Waals surface area contributed by atoms with Crippen LogP contribution in [-0.4, -0.2) is 51.4 Å². The fourth-order valence-corrected chi connectivity index (χ4v) is 2.79. The molecule has 9 heteroatoms. The molecule has 0 aliphatic carbocycles. The molecular weight excluding hydrogens is 342 g/mol. The van der Waals surface area contributed by atoms with E-state index in [0.29, 0.717) is 0 Å². The number of aliphatic hydroxyl groups excluding tert-OH is 2. The zero-order valence-corrected chi connectivity index (χ0v) is 14.2. The van der Waals surface area contributed by atoms with Crippen LogP contribution in [0.4, 0.5) is 5.69 Å². The lowest BCUT2D eigenvalue weighted by Crippen LogP contribution is -2.37. The fourth-order valence-electron chi connectivity index (χ4n) is 2.79. The van der Waals surface area contributed by atoms with Crippen molar-refractivity contribution >= 4 is 5.69 Å². The summed E-state index contributed by atoms with van der Waals surface area (Å²) in [5, 5.41) is 23.3. The Kier molecular flexibility index (Phi) is 5.52. The number of aliphatic hydroxyl groups is 2. The van der Waals surface area contributed by atoms with Crippen molar-refractivity contribution in [1.82, 2.24) is 9.55 Å². The minimum atomic E-state index is -1.32. The van der Waals surface area contributed by atoms with Crippen LogP contribution in [0.2, 0.25) is 0 Å². The molecule has 1 aliphatic heterocycles. The number of hydrogen-bond acceptors (Lipinski definition) is 7. The number of nitrogens with zero attached hydrogens (tertiary/aromatic N) is 1. The summed E-state index contributed by atoms with van der Waals surface area (Å²) in [5.74, 6) is 0. The van der Waals surface area contributed by atoms with E-state index in [2.05, 4.69) is 10.3 Å². The quantitative estimate of drug-likeness (QED) is 0.405. The van der Waals surface area contributed by atoms with Crippen LogP contribution in [0.25, 0.3) is 0 Å². The van der Waals surface area contributed by atoms with Crippen molar-refractivity contribution in [3.8, 4) is 0 Å². The van der Waals surface area contributed by atoms with Gasteiger partial charge in [-0.25, -0.2) is 4.79 Å². The first-order valence-corrected chi connectivity index (χ1v) is 8.17. The molecule has 1 aromatic heterocycles. The molecule has 140 valence electrons. The first kappa shape index (κ1) is 18.3. The van der Waals surface area contributed by atoms with Gasteiger partial charge in [0.15, 0.2) is 6.23 Å². The molecule has 26 heavy (non-hydrogen) atoms. The number of aromatic nitrogens is 2. The Bertz CT molecular complexity index is 864. The molecule has 1 aliphatic rings. The molecule has 9 nitrogen and oxygen atoms in total. The van der Waals surface area contributed by atoms with Crippen molar-refractivity contribution in [2.75, 3.05) is 18.7 Å². The zero-order valence-electron chi connectivity index (χ0n) is 14.2. The van der Waals surface area contributed by atoms with E-state index in [1.807, 2.05) is 31.2 Å².